The Hall–Kier alpha value is -0.990. The fraction of sp³-hybridized carbons (Fsp3) is 0.571. The first kappa shape index (κ1) is 7.12. The van der Waals surface area contributed by atoms with E-state index in [0.717, 1.165) is 6.42 Å². The molecule has 0 spiro atoms. The van der Waals surface area contributed by atoms with Crippen molar-refractivity contribution < 1.29 is 9.90 Å². The second-order valence-corrected chi connectivity index (χ2v) is 2.51. The van der Waals surface area contributed by atoms with E-state index in [0.29, 0.717) is 19.0 Å². The molecule has 1 heterocycles. The third-order valence-corrected chi connectivity index (χ3v) is 1.83. The van der Waals surface area contributed by atoms with Gasteiger partial charge in [-0.1, -0.05) is 6.08 Å². The summed E-state index contributed by atoms with van der Waals surface area (Å²) in [7, 11) is 0. The van der Waals surface area contributed by atoms with Crippen molar-refractivity contribution in [3.05, 3.63) is 12.7 Å². The molecule has 0 aromatic rings. The van der Waals surface area contributed by atoms with Crippen LogP contribution in [-0.4, -0.2) is 29.2 Å². The van der Waals surface area contributed by atoms with Gasteiger partial charge >= 0.3 is 6.09 Å². The second kappa shape index (κ2) is 2.73. The zero-order valence-corrected chi connectivity index (χ0v) is 5.79. The molecule has 0 bridgehead atoms. The summed E-state index contributed by atoms with van der Waals surface area (Å²) < 4.78 is 0. The minimum Gasteiger partial charge on any atom is -0.465 e. The maximum absolute atomic E-state index is 10.4. The van der Waals surface area contributed by atoms with Gasteiger partial charge in [-0.3, -0.25) is 0 Å². The van der Waals surface area contributed by atoms with Crippen LogP contribution in [0.1, 0.15) is 6.42 Å². The summed E-state index contributed by atoms with van der Waals surface area (Å²) in [6.07, 6.45) is 1.93. The molecule has 0 radical (unpaired) electrons. The molecule has 1 saturated heterocycles. The van der Waals surface area contributed by atoms with Gasteiger partial charge in [0, 0.05) is 13.1 Å². The van der Waals surface area contributed by atoms with Gasteiger partial charge in [-0.2, -0.15) is 0 Å². The van der Waals surface area contributed by atoms with Gasteiger partial charge < -0.3 is 10.0 Å². The summed E-state index contributed by atoms with van der Waals surface area (Å²) in [5.41, 5.74) is 0. The van der Waals surface area contributed by atoms with Gasteiger partial charge in [0.25, 0.3) is 0 Å². The molecular formula is C7H11NO2. The lowest BCUT2D eigenvalue weighted by Crippen LogP contribution is -2.26. The molecule has 0 aromatic heterocycles. The molecule has 10 heavy (non-hydrogen) atoms. The quantitative estimate of drug-likeness (QED) is 0.557. The Morgan fingerprint density at radius 3 is 2.80 bits per heavy atom. The first-order chi connectivity index (χ1) is 4.74. The molecule has 0 aliphatic carbocycles. The van der Waals surface area contributed by atoms with Crippen molar-refractivity contribution in [3.63, 3.8) is 0 Å². The molecule has 1 aliphatic heterocycles. The molecule has 1 amide bonds. The van der Waals surface area contributed by atoms with Crippen LogP contribution in [-0.2, 0) is 0 Å². The third kappa shape index (κ3) is 1.29. The predicted octanol–water partition coefficient (Wildman–Crippen LogP) is 1.17. The summed E-state index contributed by atoms with van der Waals surface area (Å²) in [5, 5.41) is 8.52. The molecule has 0 unspecified atom stereocenters. The molecule has 0 aromatic carbocycles. The first-order valence-electron chi connectivity index (χ1n) is 3.34. The molecule has 56 valence electrons. The monoisotopic (exact) mass is 141 g/mol. The lowest BCUT2D eigenvalue weighted by molar-refractivity contribution is 0.155. The van der Waals surface area contributed by atoms with Crippen molar-refractivity contribution in [3.8, 4) is 0 Å². The van der Waals surface area contributed by atoms with Gasteiger partial charge in [-0.15, -0.1) is 6.58 Å². The number of amides is 1. The van der Waals surface area contributed by atoms with Crippen LogP contribution in [0.3, 0.4) is 0 Å². The summed E-state index contributed by atoms with van der Waals surface area (Å²) in [6.45, 7) is 4.90. The number of hydrogen-bond donors (Lipinski definition) is 1. The highest BCUT2D eigenvalue weighted by molar-refractivity contribution is 5.65. The fourth-order valence-corrected chi connectivity index (χ4v) is 1.15. The van der Waals surface area contributed by atoms with E-state index in [1.807, 2.05) is 6.08 Å². The molecule has 3 nitrogen and oxygen atoms in total. The van der Waals surface area contributed by atoms with E-state index in [1.54, 1.807) is 0 Å². The van der Waals surface area contributed by atoms with Crippen LogP contribution >= 0.6 is 0 Å². The summed E-state index contributed by atoms with van der Waals surface area (Å²) in [6, 6.07) is 0. The van der Waals surface area contributed by atoms with E-state index in [9.17, 15) is 4.79 Å². The number of rotatable bonds is 1. The highest BCUT2D eigenvalue weighted by Gasteiger charge is 2.22. The van der Waals surface area contributed by atoms with Gasteiger partial charge in [0.2, 0.25) is 0 Å². The molecule has 1 atom stereocenters. The minimum absolute atomic E-state index is 0.371. The number of carbonyl (C=O) groups is 1. The van der Waals surface area contributed by atoms with Crippen molar-refractivity contribution in [2.75, 3.05) is 13.1 Å². The lowest BCUT2D eigenvalue weighted by atomic mass is 10.1. The largest absolute Gasteiger partial charge is 0.465 e. The zero-order valence-electron chi connectivity index (χ0n) is 5.79. The van der Waals surface area contributed by atoms with E-state index in [-0.39, 0.29) is 0 Å². The van der Waals surface area contributed by atoms with Crippen LogP contribution in [0, 0.1) is 5.92 Å². The standard InChI is InChI=1S/C7H11NO2/c1-2-6-3-4-8(5-6)7(9)10/h2,6H,1,3-5H2,(H,9,10)/t6-/m1/s1. The highest BCUT2D eigenvalue weighted by Crippen LogP contribution is 2.16. The van der Waals surface area contributed by atoms with Gasteiger partial charge in [0.1, 0.15) is 0 Å². The van der Waals surface area contributed by atoms with Crippen molar-refractivity contribution in [1.29, 1.82) is 0 Å². The average molecular weight is 141 g/mol. The Balaban J connectivity index is 2.42. The van der Waals surface area contributed by atoms with E-state index in [2.05, 4.69) is 6.58 Å². The second-order valence-electron chi connectivity index (χ2n) is 2.51. The van der Waals surface area contributed by atoms with Crippen LogP contribution in [0.25, 0.3) is 0 Å². The Morgan fingerprint density at radius 1 is 1.80 bits per heavy atom. The number of nitrogens with zero attached hydrogens (tertiary/aromatic N) is 1. The zero-order chi connectivity index (χ0) is 7.56. The Bertz CT molecular complexity index is 156. The topological polar surface area (TPSA) is 40.5 Å². The third-order valence-electron chi connectivity index (χ3n) is 1.83. The smallest absolute Gasteiger partial charge is 0.407 e. The Labute approximate surface area is 59.9 Å². The van der Waals surface area contributed by atoms with Gasteiger partial charge in [0.15, 0.2) is 0 Å². The van der Waals surface area contributed by atoms with E-state index in [1.165, 1.54) is 4.90 Å². The molecule has 1 rings (SSSR count). The Kier molecular flexibility index (Phi) is 1.94. The summed E-state index contributed by atoms with van der Waals surface area (Å²) >= 11 is 0. The van der Waals surface area contributed by atoms with Crippen molar-refractivity contribution in [2.24, 2.45) is 5.92 Å². The number of hydrogen-bond acceptors (Lipinski definition) is 1. The van der Waals surface area contributed by atoms with Gasteiger partial charge in [0.05, 0.1) is 0 Å². The van der Waals surface area contributed by atoms with Crippen LogP contribution in [0.4, 0.5) is 4.79 Å². The lowest BCUT2D eigenvalue weighted by Gasteiger charge is -2.09. The fourth-order valence-electron chi connectivity index (χ4n) is 1.15. The molecule has 0 saturated carbocycles. The predicted molar refractivity (Wildman–Crippen MR) is 37.9 cm³/mol. The molecule has 3 heteroatoms. The highest BCUT2D eigenvalue weighted by atomic mass is 16.4. The maximum Gasteiger partial charge on any atom is 0.407 e. The van der Waals surface area contributed by atoms with Crippen LogP contribution in [0.2, 0.25) is 0 Å². The van der Waals surface area contributed by atoms with Crippen molar-refractivity contribution in [2.45, 2.75) is 6.42 Å². The molecule has 1 N–H and O–H groups in total. The van der Waals surface area contributed by atoms with Crippen LogP contribution in [0.5, 0.6) is 0 Å². The number of carboxylic acid groups (broad SMARTS) is 1. The van der Waals surface area contributed by atoms with Gasteiger partial charge in [-0.25, -0.2) is 4.79 Å². The van der Waals surface area contributed by atoms with E-state index >= 15 is 0 Å². The van der Waals surface area contributed by atoms with E-state index in [4.69, 9.17) is 5.11 Å². The average Bonchev–Trinajstić information content (AvgIpc) is 2.34. The normalized spacial score (nSPS) is 24.8. The summed E-state index contributed by atoms with van der Waals surface area (Å²) in [4.78, 5) is 11.8. The number of likely N-dealkylation sites (tertiary alicyclic amines) is 1. The first-order valence-corrected chi connectivity index (χ1v) is 3.34. The van der Waals surface area contributed by atoms with Gasteiger partial charge in [-0.05, 0) is 12.3 Å². The van der Waals surface area contributed by atoms with Crippen molar-refractivity contribution in [1.82, 2.24) is 4.90 Å². The SMILES string of the molecule is C=C[C@@H]1CCN(C(=O)O)C1. The van der Waals surface area contributed by atoms with E-state index < -0.39 is 6.09 Å². The maximum atomic E-state index is 10.4. The Morgan fingerprint density at radius 2 is 2.50 bits per heavy atom. The van der Waals surface area contributed by atoms with Crippen LogP contribution in [0.15, 0.2) is 12.7 Å². The minimum atomic E-state index is -0.815. The summed E-state index contributed by atoms with van der Waals surface area (Å²) in [5.74, 6) is 0.371. The molecule has 1 fully saturated rings. The van der Waals surface area contributed by atoms with Crippen molar-refractivity contribution >= 4 is 6.09 Å². The van der Waals surface area contributed by atoms with Crippen LogP contribution < -0.4 is 0 Å². The molecular weight excluding hydrogens is 130 g/mol. The molecule has 1 aliphatic rings.